The maximum Gasteiger partial charge on any atom is 0.203 e. The van der Waals surface area contributed by atoms with Crippen LogP contribution in [-0.4, -0.2) is 18.7 Å². The second-order valence-electron chi connectivity index (χ2n) is 5.14. The van der Waals surface area contributed by atoms with Crippen LogP contribution in [0.25, 0.3) is 44.4 Å². The lowest BCUT2D eigenvalue weighted by atomic mass is 10.1. The molecule has 3 aromatic heterocycles. The first kappa shape index (κ1) is 12.5. The molecule has 23 heavy (non-hydrogen) atoms. The molecule has 1 N–H and O–H groups in total. The highest BCUT2D eigenvalue weighted by atomic mass is 32.1. The Morgan fingerprint density at radius 2 is 1.96 bits per heavy atom. The number of para-hydroxylation sites is 1. The van der Waals surface area contributed by atoms with Crippen molar-refractivity contribution in [3.63, 3.8) is 0 Å². The number of aromatic nitrogens is 4. The molecule has 0 bridgehead atoms. The first-order chi connectivity index (χ1) is 11.3. The summed E-state index contributed by atoms with van der Waals surface area (Å²) in [5.41, 5.74) is 3.82. The van der Waals surface area contributed by atoms with E-state index in [2.05, 4.69) is 18.7 Å². The number of fused-ring (bicyclic) bond motifs is 4. The Bertz CT molecular complexity index is 1250. The molecule has 2 aromatic carbocycles. The van der Waals surface area contributed by atoms with Crippen molar-refractivity contribution in [3.05, 3.63) is 52.9 Å². The molecule has 7 heteroatoms. The summed E-state index contributed by atoms with van der Waals surface area (Å²) >= 11 is 1.25. The number of hydrogen-bond acceptors (Lipinski definition) is 6. The smallest absolute Gasteiger partial charge is 0.203 e. The van der Waals surface area contributed by atoms with Crippen molar-refractivity contribution in [2.24, 2.45) is 0 Å². The van der Waals surface area contributed by atoms with Gasteiger partial charge < -0.3 is 4.42 Å². The Morgan fingerprint density at radius 1 is 1.04 bits per heavy atom. The molecule has 0 atom stereocenters. The van der Waals surface area contributed by atoms with E-state index in [1.165, 1.54) is 18.0 Å². The molecule has 3 heterocycles. The lowest BCUT2D eigenvalue weighted by Gasteiger charge is -1.98. The largest absolute Gasteiger partial charge is 0.463 e. The fourth-order valence-electron chi connectivity index (χ4n) is 2.66. The molecule has 110 valence electrons. The number of rotatable bonds is 1. The van der Waals surface area contributed by atoms with Gasteiger partial charge in [0, 0.05) is 11.7 Å². The number of aromatic amines is 1. The normalized spacial score (nSPS) is 11.7. The zero-order chi connectivity index (χ0) is 15.4. The van der Waals surface area contributed by atoms with Crippen LogP contribution >= 0.6 is 11.7 Å². The van der Waals surface area contributed by atoms with Crippen LogP contribution in [0.4, 0.5) is 0 Å². The predicted molar refractivity (Wildman–Crippen MR) is 88.5 cm³/mol. The molecule has 0 fully saturated rings. The van der Waals surface area contributed by atoms with Crippen molar-refractivity contribution in [2.45, 2.75) is 0 Å². The minimum atomic E-state index is -0.136. The standard InChI is InChI=1S/C16H8N4O2S/c21-15-8-3-1-2-4-12(8)22-7-9(15)16-17-10-5-6-11-14(13(10)18-16)20-23-19-11/h1-7,19H. The van der Waals surface area contributed by atoms with E-state index in [0.717, 1.165) is 11.0 Å². The summed E-state index contributed by atoms with van der Waals surface area (Å²) in [6, 6.07) is 10.9. The van der Waals surface area contributed by atoms with Crippen LogP contribution in [0.5, 0.6) is 0 Å². The average Bonchev–Trinajstić information content (AvgIpc) is 3.21. The van der Waals surface area contributed by atoms with E-state index in [-0.39, 0.29) is 5.43 Å². The number of nitrogens with zero attached hydrogens (tertiary/aromatic N) is 3. The summed E-state index contributed by atoms with van der Waals surface area (Å²) in [6.07, 6.45) is 1.42. The SMILES string of the molecule is O=c1c(-c2nc3ccc4[nH]snc4c3n2)coc2ccccc12. The minimum Gasteiger partial charge on any atom is -0.463 e. The van der Waals surface area contributed by atoms with Gasteiger partial charge >= 0.3 is 0 Å². The van der Waals surface area contributed by atoms with Crippen molar-refractivity contribution in [1.29, 1.82) is 0 Å². The van der Waals surface area contributed by atoms with Crippen LogP contribution < -0.4 is 5.43 Å². The van der Waals surface area contributed by atoms with Crippen LogP contribution in [0, 0.1) is 0 Å². The van der Waals surface area contributed by atoms with Gasteiger partial charge in [-0.3, -0.25) is 9.17 Å². The fraction of sp³-hybridized carbons (Fsp3) is 0. The number of nitrogens with one attached hydrogen (secondary N) is 1. The number of imidazole rings is 1. The molecule has 6 nitrogen and oxygen atoms in total. The van der Waals surface area contributed by atoms with Gasteiger partial charge in [-0.25, -0.2) is 9.97 Å². The van der Waals surface area contributed by atoms with Crippen LogP contribution in [0.2, 0.25) is 0 Å². The highest BCUT2D eigenvalue weighted by Crippen LogP contribution is 2.25. The Hall–Kier alpha value is -3.06. The fourth-order valence-corrected chi connectivity index (χ4v) is 3.24. The highest BCUT2D eigenvalue weighted by molar-refractivity contribution is 7.00. The van der Waals surface area contributed by atoms with Gasteiger partial charge in [0.1, 0.15) is 28.4 Å². The second kappa shape index (κ2) is 4.47. The molecule has 0 saturated carbocycles. The minimum absolute atomic E-state index is 0.136. The van der Waals surface area contributed by atoms with Crippen molar-refractivity contribution in [1.82, 2.24) is 18.7 Å². The molecular formula is C16H8N4O2S. The molecule has 0 spiro atoms. The van der Waals surface area contributed by atoms with Crippen LogP contribution in [0.1, 0.15) is 0 Å². The van der Waals surface area contributed by atoms with Crippen LogP contribution in [-0.2, 0) is 0 Å². The molecule has 0 radical (unpaired) electrons. The Kier molecular flexibility index (Phi) is 2.42. The van der Waals surface area contributed by atoms with Gasteiger partial charge in [-0.15, -0.1) is 0 Å². The van der Waals surface area contributed by atoms with E-state index < -0.39 is 0 Å². The third-order valence-corrected chi connectivity index (χ3v) is 4.37. The van der Waals surface area contributed by atoms with Gasteiger partial charge in [-0.05, 0) is 24.3 Å². The van der Waals surface area contributed by atoms with Gasteiger partial charge in [0.15, 0.2) is 5.82 Å². The molecule has 0 aliphatic carbocycles. The zero-order valence-corrected chi connectivity index (χ0v) is 12.4. The summed E-state index contributed by atoms with van der Waals surface area (Å²) in [6.45, 7) is 0. The molecule has 0 aliphatic heterocycles. The zero-order valence-electron chi connectivity index (χ0n) is 11.6. The molecule has 5 rings (SSSR count). The lowest BCUT2D eigenvalue weighted by Crippen LogP contribution is -2.05. The summed E-state index contributed by atoms with van der Waals surface area (Å²) < 4.78 is 12.9. The third kappa shape index (κ3) is 1.74. The second-order valence-corrected chi connectivity index (χ2v) is 5.71. The molecule has 5 aromatic rings. The van der Waals surface area contributed by atoms with E-state index in [9.17, 15) is 4.79 Å². The van der Waals surface area contributed by atoms with Crippen molar-refractivity contribution in [3.8, 4) is 11.4 Å². The molecule has 0 unspecified atom stereocenters. The van der Waals surface area contributed by atoms with E-state index >= 15 is 0 Å². The van der Waals surface area contributed by atoms with Gasteiger partial charge in [0.05, 0.1) is 16.4 Å². The molecule has 0 aliphatic rings. The van der Waals surface area contributed by atoms with Gasteiger partial charge in [-0.1, -0.05) is 12.1 Å². The van der Waals surface area contributed by atoms with Crippen molar-refractivity contribution < 1.29 is 4.42 Å². The van der Waals surface area contributed by atoms with E-state index in [4.69, 9.17) is 4.42 Å². The quantitative estimate of drug-likeness (QED) is 0.512. The maximum absolute atomic E-state index is 12.7. The number of hydrogen-bond donors (Lipinski definition) is 1. The van der Waals surface area contributed by atoms with E-state index in [0.29, 0.717) is 33.4 Å². The Morgan fingerprint density at radius 3 is 2.91 bits per heavy atom. The average molecular weight is 320 g/mol. The van der Waals surface area contributed by atoms with Crippen LogP contribution in [0.3, 0.4) is 0 Å². The molecule has 0 saturated heterocycles. The maximum atomic E-state index is 12.7. The predicted octanol–water partition coefficient (Wildman–Crippen LogP) is 3.34. The monoisotopic (exact) mass is 320 g/mol. The summed E-state index contributed by atoms with van der Waals surface area (Å²) in [5.74, 6) is 0.361. The Balaban J connectivity index is 1.83. The first-order valence-electron chi connectivity index (χ1n) is 6.93. The van der Waals surface area contributed by atoms with Gasteiger partial charge in [0.2, 0.25) is 5.43 Å². The first-order valence-corrected chi connectivity index (χ1v) is 7.70. The summed E-state index contributed by atoms with van der Waals surface area (Å²) in [4.78, 5) is 21.6. The van der Waals surface area contributed by atoms with E-state index in [1.807, 2.05) is 18.2 Å². The number of benzene rings is 2. The Labute approximate surface area is 132 Å². The third-order valence-electron chi connectivity index (χ3n) is 3.79. The van der Waals surface area contributed by atoms with Crippen molar-refractivity contribution in [2.75, 3.05) is 0 Å². The lowest BCUT2D eigenvalue weighted by molar-refractivity contribution is 0.604. The van der Waals surface area contributed by atoms with E-state index in [1.54, 1.807) is 18.2 Å². The van der Waals surface area contributed by atoms with Crippen molar-refractivity contribution >= 4 is 44.8 Å². The number of H-pyrrole nitrogens is 1. The highest BCUT2D eigenvalue weighted by Gasteiger charge is 2.16. The van der Waals surface area contributed by atoms with Gasteiger partial charge in [0.25, 0.3) is 0 Å². The summed E-state index contributed by atoms with van der Waals surface area (Å²) in [5, 5.41) is 0.519. The molecular weight excluding hydrogens is 312 g/mol. The molecule has 0 amide bonds. The van der Waals surface area contributed by atoms with Crippen LogP contribution in [0.15, 0.2) is 51.9 Å². The summed E-state index contributed by atoms with van der Waals surface area (Å²) in [7, 11) is 0. The van der Waals surface area contributed by atoms with Gasteiger partial charge in [-0.2, -0.15) is 4.37 Å². The topological polar surface area (TPSA) is 84.7 Å².